The first-order chi connectivity index (χ1) is 18.0. The van der Waals surface area contributed by atoms with E-state index in [-0.39, 0.29) is 35.7 Å². The first kappa shape index (κ1) is 26.0. The van der Waals surface area contributed by atoms with Crippen LogP contribution in [0.3, 0.4) is 0 Å². The van der Waals surface area contributed by atoms with Crippen LogP contribution in [0.1, 0.15) is 40.1 Å². The second kappa shape index (κ2) is 9.95. The maximum Gasteiger partial charge on any atom is 0.491 e. The van der Waals surface area contributed by atoms with E-state index in [4.69, 9.17) is 4.74 Å². The third kappa shape index (κ3) is 4.95. The molecule has 1 unspecified atom stereocenters. The summed E-state index contributed by atoms with van der Waals surface area (Å²) < 4.78 is 21.3. The first-order valence-corrected chi connectivity index (χ1v) is 12.2. The van der Waals surface area contributed by atoms with Gasteiger partial charge in [0.2, 0.25) is 0 Å². The van der Waals surface area contributed by atoms with Gasteiger partial charge in [-0.15, -0.1) is 0 Å². The number of halogens is 1. The molecule has 2 amide bonds. The molecule has 1 atom stereocenters. The Bertz CT molecular complexity index is 1390. The molecule has 1 saturated heterocycles. The number of hydrogen-bond donors (Lipinski definition) is 4. The van der Waals surface area contributed by atoms with E-state index >= 15 is 0 Å². The molecule has 12 nitrogen and oxygen atoms in total. The van der Waals surface area contributed by atoms with Crippen LogP contribution in [-0.4, -0.2) is 98.2 Å². The number of morpholine rings is 1. The summed E-state index contributed by atoms with van der Waals surface area (Å²) in [6, 6.07) is 3.42. The first-order valence-electron chi connectivity index (χ1n) is 12.2. The van der Waals surface area contributed by atoms with Gasteiger partial charge in [-0.25, -0.2) is 13.9 Å². The quantitative estimate of drug-likeness (QED) is 0.300. The van der Waals surface area contributed by atoms with Crippen molar-refractivity contribution in [2.45, 2.75) is 32.2 Å². The van der Waals surface area contributed by atoms with Crippen LogP contribution in [0.15, 0.2) is 30.7 Å². The van der Waals surface area contributed by atoms with Crippen molar-refractivity contribution < 1.29 is 33.9 Å². The Morgan fingerprint density at radius 2 is 2.00 bits per heavy atom. The summed E-state index contributed by atoms with van der Waals surface area (Å²) in [5, 5.41) is 35.7. The summed E-state index contributed by atoms with van der Waals surface area (Å²) in [5.74, 6) is -0.834. The Hall–Kier alpha value is -3.59. The molecule has 2 aromatic heterocycles. The SMILES string of the molecule is CC(C)(O)C(F)CN1Cc2cc(NC(=O)c3cnn4cc(B(O)O)cnc34)c(N3CCOCC3)cc2C1=O. The summed E-state index contributed by atoms with van der Waals surface area (Å²) >= 11 is 0. The number of ether oxygens (including phenoxy) is 1. The van der Waals surface area contributed by atoms with Crippen molar-refractivity contribution in [3.8, 4) is 0 Å². The van der Waals surface area contributed by atoms with Crippen molar-refractivity contribution in [1.82, 2.24) is 19.5 Å². The molecule has 1 fully saturated rings. The van der Waals surface area contributed by atoms with Crippen molar-refractivity contribution in [1.29, 1.82) is 0 Å². The van der Waals surface area contributed by atoms with E-state index < -0.39 is 24.8 Å². The molecule has 0 spiro atoms. The monoisotopic (exact) mass is 526 g/mol. The lowest BCUT2D eigenvalue weighted by atomic mass is 9.83. The Labute approximate surface area is 217 Å². The molecule has 2 aliphatic rings. The molecule has 0 aliphatic carbocycles. The Morgan fingerprint density at radius 3 is 2.68 bits per heavy atom. The van der Waals surface area contributed by atoms with Crippen molar-refractivity contribution in [2.24, 2.45) is 0 Å². The zero-order chi connectivity index (χ0) is 27.2. The minimum Gasteiger partial charge on any atom is -0.423 e. The summed E-state index contributed by atoms with van der Waals surface area (Å²) in [5.41, 5.74) is 1.06. The average Bonchev–Trinajstić information content (AvgIpc) is 3.43. The van der Waals surface area contributed by atoms with Crippen LogP contribution in [-0.2, 0) is 11.3 Å². The third-order valence-electron chi connectivity index (χ3n) is 6.77. The fourth-order valence-electron chi connectivity index (χ4n) is 4.51. The minimum atomic E-state index is -1.73. The van der Waals surface area contributed by atoms with Gasteiger partial charge in [-0.2, -0.15) is 5.10 Å². The van der Waals surface area contributed by atoms with Crippen LogP contribution in [0.4, 0.5) is 15.8 Å². The standard InChI is InChI=1S/C24H28BFN6O6/c1-24(2,35)20(26)13-31-11-14-7-18(19(8-16(14)23(31)34)30-3-5-38-6-4-30)29-22(33)17-10-28-32-12-15(25(36)37)9-27-21(17)32/h7-10,12,20,35-37H,3-6,11,13H2,1-2H3,(H,29,33). The number of aliphatic hydroxyl groups is 1. The van der Waals surface area contributed by atoms with Gasteiger partial charge in [-0.1, -0.05) is 0 Å². The molecular formula is C24H28BFN6O6. The molecule has 38 heavy (non-hydrogen) atoms. The highest BCUT2D eigenvalue weighted by Gasteiger charge is 2.36. The molecule has 0 radical (unpaired) electrons. The van der Waals surface area contributed by atoms with E-state index in [1.54, 1.807) is 12.1 Å². The van der Waals surface area contributed by atoms with E-state index in [1.807, 2.05) is 4.90 Å². The number of amides is 2. The smallest absolute Gasteiger partial charge is 0.423 e. The Kier molecular flexibility index (Phi) is 6.82. The van der Waals surface area contributed by atoms with Crippen LogP contribution < -0.4 is 15.7 Å². The number of carbonyl (C=O) groups is 2. The maximum absolute atomic E-state index is 14.6. The molecule has 14 heteroatoms. The molecule has 0 bridgehead atoms. The topological polar surface area (TPSA) is 153 Å². The molecule has 200 valence electrons. The number of aromatic nitrogens is 3. The second-order valence-corrected chi connectivity index (χ2v) is 9.97. The fourth-order valence-corrected chi connectivity index (χ4v) is 4.51. The van der Waals surface area contributed by atoms with Gasteiger partial charge in [0.1, 0.15) is 11.7 Å². The number of fused-ring (bicyclic) bond motifs is 2. The highest BCUT2D eigenvalue weighted by Crippen LogP contribution is 2.36. The second-order valence-electron chi connectivity index (χ2n) is 9.97. The van der Waals surface area contributed by atoms with E-state index in [9.17, 15) is 29.1 Å². The van der Waals surface area contributed by atoms with E-state index in [1.165, 1.54) is 41.9 Å². The van der Waals surface area contributed by atoms with Crippen LogP contribution >= 0.6 is 0 Å². The fraction of sp³-hybridized carbons (Fsp3) is 0.417. The van der Waals surface area contributed by atoms with Crippen molar-refractivity contribution in [2.75, 3.05) is 43.1 Å². The van der Waals surface area contributed by atoms with E-state index in [0.717, 1.165) is 0 Å². The lowest BCUT2D eigenvalue weighted by Crippen LogP contribution is -2.42. The molecule has 4 heterocycles. The van der Waals surface area contributed by atoms with Crippen LogP contribution in [0, 0.1) is 0 Å². The van der Waals surface area contributed by atoms with Crippen molar-refractivity contribution in [3.05, 3.63) is 47.4 Å². The van der Waals surface area contributed by atoms with Gasteiger partial charge in [0.05, 0.1) is 42.9 Å². The number of rotatable bonds is 7. The number of carbonyl (C=O) groups excluding carboxylic acids is 2. The van der Waals surface area contributed by atoms with Gasteiger partial charge < -0.3 is 35.0 Å². The predicted molar refractivity (Wildman–Crippen MR) is 136 cm³/mol. The minimum absolute atomic E-state index is 0.120. The normalized spacial score (nSPS) is 16.6. The molecule has 5 rings (SSSR count). The maximum atomic E-state index is 14.6. The Morgan fingerprint density at radius 1 is 1.26 bits per heavy atom. The number of hydrogen-bond acceptors (Lipinski definition) is 9. The van der Waals surface area contributed by atoms with Gasteiger partial charge in [-0.3, -0.25) is 9.59 Å². The largest absolute Gasteiger partial charge is 0.491 e. The predicted octanol–water partition coefficient (Wildman–Crippen LogP) is -0.437. The number of alkyl halides is 1. The molecule has 0 saturated carbocycles. The molecule has 2 aliphatic heterocycles. The highest BCUT2D eigenvalue weighted by atomic mass is 19.1. The highest BCUT2D eigenvalue weighted by molar-refractivity contribution is 6.58. The van der Waals surface area contributed by atoms with Gasteiger partial charge in [-0.05, 0) is 31.5 Å². The van der Waals surface area contributed by atoms with E-state index in [2.05, 4.69) is 15.4 Å². The summed E-state index contributed by atoms with van der Waals surface area (Å²) in [7, 11) is -1.73. The van der Waals surface area contributed by atoms with Crippen molar-refractivity contribution >= 4 is 41.4 Å². The number of anilines is 2. The van der Waals surface area contributed by atoms with Crippen molar-refractivity contribution in [3.63, 3.8) is 0 Å². The van der Waals surface area contributed by atoms with Gasteiger partial charge in [0.25, 0.3) is 11.8 Å². The molecule has 4 N–H and O–H groups in total. The lowest BCUT2D eigenvalue weighted by molar-refractivity contribution is -0.0159. The zero-order valence-electron chi connectivity index (χ0n) is 21.0. The number of nitrogens with zero attached hydrogens (tertiary/aromatic N) is 5. The molecular weight excluding hydrogens is 498 g/mol. The van der Waals surface area contributed by atoms with Gasteiger partial charge in [0.15, 0.2) is 5.65 Å². The van der Waals surface area contributed by atoms with Crippen LogP contribution in [0.2, 0.25) is 0 Å². The zero-order valence-corrected chi connectivity index (χ0v) is 21.0. The summed E-state index contributed by atoms with van der Waals surface area (Å²) in [6.45, 7) is 4.67. The van der Waals surface area contributed by atoms with Crippen LogP contribution in [0.5, 0.6) is 0 Å². The van der Waals surface area contributed by atoms with Gasteiger partial charge >= 0.3 is 7.12 Å². The lowest BCUT2D eigenvalue weighted by Gasteiger charge is -2.31. The average molecular weight is 526 g/mol. The third-order valence-corrected chi connectivity index (χ3v) is 6.77. The molecule has 3 aromatic rings. The van der Waals surface area contributed by atoms with E-state index in [0.29, 0.717) is 48.8 Å². The van der Waals surface area contributed by atoms with Crippen LogP contribution in [0.25, 0.3) is 5.65 Å². The van der Waals surface area contributed by atoms with Gasteiger partial charge in [0, 0.05) is 43.1 Å². The summed E-state index contributed by atoms with van der Waals surface area (Å²) in [6.07, 6.45) is 2.31. The number of benzene rings is 1. The molecule has 1 aromatic carbocycles. The number of nitrogens with one attached hydrogen (secondary N) is 1. The Balaban J connectivity index is 1.46. The summed E-state index contributed by atoms with van der Waals surface area (Å²) in [4.78, 5) is 34.0.